The van der Waals surface area contributed by atoms with Gasteiger partial charge in [0, 0.05) is 19.6 Å². The van der Waals surface area contributed by atoms with E-state index in [-0.39, 0.29) is 36.5 Å². The van der Waals surface area contributed by atoms with E-state index in [1.165, 1.54) is 5.56 Å². The number of hydrogen-bond donors (Lipinski definition) is 3. The Hall–Kier alpha value is -2.01. The van der Waals surface area contributed by atoms with Crippen LogP contribution in [0.1, 0.15) is 37.8 Å². The maximum Gasteiger partial charge on any atom is 0.257 e. The predicted octanol–water partition coefficient (Wildman–Crippen LogP) is 3.75. The molecule has 0 aliphatic heterocycles. The standard InChI is InChI=1S/C22H32N4O3S.HI/c1-5-23-21(27)14-29-19-8-7-17(11-20(19)28-4)13-26-22(24-6-2)25-12-16(3)18-9-10-30-15-18;/h7-11,15-16H,5-6,12-14H2,1-4H3,(H,23,27)(H2,24,25,26);1H. The van der Waals surface area contributed by atoms with Gasteiger partial charge in [-0.3, -0.25) is 4.79 Å². The molecule has 3 N–H and O–H groups in total. The van der Waals surface area contributed by atoms with Gasteiger partial charge in [0.25, 0.3) is 5.91 Å². The van der Waals surface area contributed by atoms with Gasteiger partial charge in [-0.2, -0.15) is 11.3 Å². The fraction of sp³-hybridized carbons (Fsp3) is 0.455. The average Bonchev–Trinajstić information content (AvgIpc) is 3.29. The number of likely N-dealkylation sites (N-methyl/N-ethyl adjacent to an activating group) is 1. The molecule has 172 valence electrons. The molecule has 1 heterocycles. The Morgan fingerprint density at radius 2 is 1.90 bits per heavy atom. The first kappa shape index (κ1) is 27.0. The van der Waals surface area contributed by atoms with Crippen molar-refractivity contribution in [2.45, 2.75) is 33.2 Å². The molecule has 9 heteroatoms. The Labute approximate surface area is 206 Å². The normalized spacial score (nSPS) is 11.8. The van der Waals surface area contributed by atoms with E-state index in [2.05, 4.69) is 44.7 Å². The van der Waals surface area contributed by atoms with Crippen LogP contribution in [0, 0.1) is 0 Å². The number of carbonyl (C=O) groups is 1. The molecule has 0 bridgehead atoms. The maximum absolute atomic E-state index is 11.6. The first-order valence-corrected chi connectivity index (χ1v) is 11.1. The van der Waals surface area contributed by atoms with E-state index in [0.717, 1.165) is 24.6 Å². The smallest absolute Gasteiger partial charge is 0.257 e. The van der Waals surface area contributed by atoms with Crippen LogP contribution in [0.25, 0.3) is 0 Å². The Kier molecular flexibility index (Phi) is 13.0. The third kappa shape index (κ3) is 9.34. The number of aliphatic imine (C=N–C) groups is 1. The van der Waals surface area contributed by atoms with E-state index >= 15 is 0 Å². The number of amides is 1. The summed E-state index contributed by atoms with van der Waals surface area (Å²) in [5.41, 5.74) is 2.32. The molecule has 0 spiro atoms. The van der Waals surface area contributed by atoms with Gasteiger partial charge < -0.3 is 25.4 Å². The van der Waals surface area contributed by atoms with Crippen LogP contribution in [-0.2, 0) is 11.3 Å². The van der Waals surface area contributed by atoms with Gasteiger partial charge in [-0.25, -0.2) is 4.99 Å². The number of nitrogens with zero attached hydrogens (tertiary/aromatic N) is 1. The lowest BCUT2D eigenvalue weighted by Crippen LogP contribution is -2.39. The van der Waals surface area contributed by atoms with Crippen LogP contribution in [-0.4, -0.2) is 45.2 Å². The summed E-state index contributed by atoms with van der Waals surface area (Å²) in [6.45, 7) is 8.73. The Bertz CT molecular complexity index is 815. The van der Waals surface area contributed by atoms with Gasteiger partial charge in [-0.15, -0.1) is 24.0 Å². The van der Waals surface area contributed by atoms with Gasteiger partial charge in [0.05, 0.1) is 13.7 Å². The number of thiophene rings is 1. The van der Waals surface area contributed by atoms with Gasteiger partial charge in [0.2, 0.25) is 0 Å². The van der Waals surface area contributed by atoms with E-state index in [1.54, 1.807) is 18.4 Å². The number of rotatable bonds is 11. The molecule has 2 aromatic rings. The van der Waals surface area contributed by atoms with E-state index in [4.69, 9.17) is 9.47 Å². The fourth-order valence-electron chi connectivity index (χ4n) is 2.76. The van der Waals surface area contributed by atoms with Crippen LogP contribution in [0.15, 0.2) is 40.0 Å². The van der Waals surface area contributed by atoms with Gasteiger partial charge in [0.1, 0.15) is 0 Å². The van der Waals surface area contributed by atoms with Crippen molar-refractivity contribution in [3.05, 3.63) is 46.2 Å². The second-order valence-corrected chi connectivity index (χ2v) is 7.54. The molecule has 2 rings (SSSR count). The number of halogens is 1. The van der Waals surface area contributed by atoms with Crippen molar-refractivity contribution in [2.75, 3.05) is 33.4 Å². The summed E-state index contributed by atoms with van der Waals surface area (Å²) in [6, 6.07) is 7.77. The van der Waals surface area contributed by atoms with Crippen LogP contribution >= 0.6 is 35.3 Å². The molecule has 0 saturated carbocycles. The predicted molar refractivity (Wildman–Crippen MR) is 138 cm³/mol. The monoisotopic (exact) mass is 560 g/mol. The van der Waals surface area contributed by atoms with Gasteiger partial charge in [-0.1, -0.05) is 13.0 Å². The molecule has 1 aromatic carbocycles. The van der Waals surface area contributed by atoms with E-state index in [9.17, 15) is 4.79 Å². The maximum atomic E-state index is 11.6. The zero-order chi connectivity index (χ0) is 21.8. The lowest BCUT2D eigenvalue weighted by Gasteiger charge is -2.15. The molecule has 1 amide bonds. The summed E-state index contributed by atoms with van der Waals surface area (Å²) in [7, 11) is 1.58. The van der Waals surface area contributed by atoms with Gasteiger partial charge in [0.15, 0.2) is 24.1 Å². The molecule has 1 aromatic heterocycles. The summed E-state index contributed by atoms with van der Waals surface area (Å²) >= 11 is 1.71. The molecular formula is C22H33IN4O3S. The molecule has 0 saturated heterocycles. The zero-order valence-corrected chi connectivity index (χ0v) is 21.7. The number of ether oxygens (including phenoxy) is 2. The summed E-state index contributed by atoms with van der Waals surface area (Å²) in [4.78, 5) is 16.3. The molecule has 31 heavy (non-hydrogen) atoms. The Morgan fingerprint density at radius 1 is 1.13 bits per heavy atom. The van der Waals surface area contributed by atoms with Crippen LogP contribution in [0.5, 0.6) is 11.5 Å². The summed E-state index contributed by atoms with van der Waals surface area (Å²) in [5.74, 6) is 2.13. The van der Waals surface area contributed by atoms with E-state index in [1.807, 2.05) is 32.0 Å². The molecule has 7 nitrogen and oxygen atoms in total. The van der Waals surface area contributed by atoms with E-state index in [0.29, 0.717) is 30.5 Å². The lowest BCUT2D eigenvalue weighted by atomic mass is 10.1. The van der Waals surface area contributed by atoms with Gasteiger partial charge >= 0.3 is 0 Å². The number of guanidine groups is 1. The zero-order valence-electron chi connectivity index (χ0n) is 18.6. The summed E-state index contributed by atoms with van der Waals surface area (Å²) in [6.07, 6.45) is 0. The SMILES string of the molecule is CCNC(=O)COc1ccc(CN=C(NCC)NCC(C)c2ccsc2)cc1OC.I. The van der Waals surface area contributed by atoms with Crippen molar-refractivity contribution in [1.29, 1.82) is 0 Å². The minimum Gasteiger partial charge on any atom is -0.493 e. The first-order chi connectivity index (χ1) is 14.6. The van der Waals surface area contributed by atoms with Crippen molar-refractivity contribution < 1.29 is 14.3 Å². The highest BCUT2D eigenvalue weighted by Gasteiger charge is 2.10. The summed E-state index contributed by atoms with van der Waals surface area (Å²) < 4.78 is 11.0. The molecule has 1 atom stereocenters. The number of benzene rings is 1. The first-order valence-electron chi connectivity index (χ1n) is 10.2. The van der Waals surface area contributed by atoms with Crippen LogP contribution in [0.4, 0.5) is 0 Å². The van der Waals surface area contributed by atoms with Crippen molar-refractivity contribution in [3.63, 3.8) is 0 Å². The van der Waals surface area contributed by atoms with Crippen molar-refractivity contribution in [3.8, 4) is 11.5 Å². The quantitative estimate of drug-likeness (QED) is 0.222. The second kappa shape index (κ2) is 14.9. The third-order valence-corrected chi connectivity index (χ3v) is 5.11. The molecule has 1 unspecified atom stereocenters. The van der Waals surface area contributed by atoms with Crippen molar-refractivity contribution >= 4 is 47.2 Å². The van der Waals surface area contributed by atoms with Crippen LogP contribution in [0.3, 0.4) is 0 Å². The van der Waals surface area contributed by atoms with Crippen molar-refractivity contribution in [1.82, 2.24) is 16.0 Å². The second-order valence-electron chi connectivity index (χ2n) is 6.76. The van der Waals surface area contributed by atoms with Gasteiger partial charge in [-0.05, 0) is 59.9 Å². The highest BCUT2D eigenvalue weighted by atomic mass is 127. The summed E-state index contributed by atoms with van der Waals surface area (Å²) in [5, 5.41) is 13.7. The Morgan fingerprint density at radius 3 is 2.55 bits per heavy atom. The average molecular weight is 561 g/mol. The minimum atomic E-state index is -0.161. The highest BCUT2D eigenvalue weighted by molar-refractivity contribution is 14.0. The number of carbonyl (C=O) groups excluding carboxylic acids is 1. The molecule has 0 radical (unpaired) electrons. The molecular weight excluding hydrogens is 527 g/mol. The van der Waals surface area contributed by atoms with Crippen molar-refractivity contribution in [2.24, 2.45) is 4.99 Å². The van der Waals surface area contributed by atoms with Crippen LogP contribution < -0.4 is 25.4 Å². The third-order valence-electron chi connectivity index (χ3n) is 4.41. The largest absolute Gasteiger partial charge is 0.493 e. The fourth-order valence-corrected chi connectivity index (χ4v) is 3.54. The van der Waals surface area contributed by atoms with Crippen LogP contribution in [0.2, 0.25) is 0 Å². The topological polar surface area (TPSA) is 84.0 Å². The number of methoxy groups -OCH3 is 1. The number of nitrogens with one attached hydrogen (secondary N) is 3. The number of hydrogen-bond acceptors (Lipinski definition) is 5. The molecule has 0 aliphatic rings. The minimum absolute atomic E-state index is 0. The lowest BCUT2D eigenvalue weighted by molar-refractivity contribution is -0.123. The Balaban J connectivity index is 0.00000480. The highest BCUT2D eigenvalue weighted by Crippen LogP contribution is 2.28. The molecule has 0 fully saturated rings. The van der Waals surface area contributed by atoms with E-state index < -0.39 is 0 Å². The molecule has 0 aliphatic carbocycles.